The van der Waals surface area contributed by atoms with E-state index in [9.17, 15) is 4.79 Å². The molecule has 3 heteroatoms. The van der Waals surface area contributed by atoms with Crippen molar-refractivity contribution in [3.63, 3.8) is 0 Å². The first-order chi connectivity index (χ1) is 9.76. The van der Waals surface area contributed by atoms with Gasteiger partial charge in [-0.05, 0) is 54.7 Å². The number of fused-ring (bicyclic) bond motifs is 1. The third kappa shape index (κ3) is 1.84. The highest BCUT2D eigenvalue weighted by Crippen LogP contribution is 2.53. The van der Waals surface area contributed by atoms with E-state index < -0.39 is 0 Å². The van der Waals surface area contributed by atoms with Gasteiger partial charge in [0.25, 0.3) is 0 Å². The minimum absolute atomic E-state index is 0.370. The lowest BCUT2D eigenvalue weighted by molar-refractivity contribution is -0.134. The lowest BCUT2D eigenvalue weighted by atomic mass is 9.58. The third-order valence-corrected chi connectivity index (χ3v) is 5.21. The highest BCUT2D eigenvalue weighted by Gasteiger charge is 2.45. The zero-order valence-electron chi connectivity index (χ0n) is 11.5. The second-order valence-corrected chi connectivity index (χ2v) is 6.46. The molecule has 2 aromatic rings. The average Bonchev–Trinajstić information content (AvgIpc) is 2.46. The van der Waals surface area contributed by atoms with Crippen molar-refractivity contribution in [2.24, 2.45) is 5.41 Å². The van der Waals surface area contributed by atoms with Crippen LogP contribution in [0.1, 0.15) is 50.0 Å². The van der Waals surface area contributed by atoms with Crippen LogP contribution >= 0.6 is 0 Å². The molecular weight excluding hydrogens is 248 g/mol. The molecule has 3 nitrogen and oxygen atoms in total. The quantitative estimate of drug-likeness (QED) is 0.791. The molecule has 0 unspecified atom stereocenters. The molecule has 1 spiro atoms. The summed E-state index contributed by atoms with van der Waals surface area (Å²) in [5.74, 6) is 1.06. The van der Waals surface area contributed by atoms with Crippen molar-refractivity contribution < 1.29 is 4.79 Å². The van der Waals surface area contributed by atoms with Crippen LogP contribution in [0.2, 0.25) is 0 Å². The fourth-order valence-corrected chi connectivity index (χ4v) is 4.05. The van der Waals surface area contributed by atoms with Crippen LogP contribution in [0.25, 0.3) is 10.9 Å². The second-order valence-electron chi connectivity index (χ2n) is 6.46. The van der Waals surface area contributed by atoms with E-state index in [0.717, 1.165) is 18.4 Å². The van der Waals surface area contributed by atoms with Crippen LogP contribution in [0.5, 0.6) is 0 Å². The first-order valence-corrected chi connectivity index (χ1v) is 7.46. The molecule has 0 aliphatic heterocycles. The summed E-state index contributed by atoms with van der Waals surface area (Å²) in [5.41, 5.74) is 2.80. The van der Waals surface area contributed by atoms with E-state index in [1.807, 2.05) is 18.5 Å². The van der Waals surface area contributed by atoms with Crippen LogP contribution in [0.3, 0.4) is 0 Å². The van der Waals surface area contributed by atoms with Crippen LogP contribution in [0, 0.1) is 5.41 Å². The zero-order chi connectivity index (χ0) is 13.6. The Balaban J connectivity index is 1.60. The summed E-state index contributed by atoms with van der Waals surface area (Å²) in [6.45, 7) is 0. The van der Waals surface area contributed by atoms with E-state index in [0.29, 0.717) is 17.1 Å². The van der Waals surface area contributed by atoms with E-state index in [4.69, 9.17) is 0 Å². The van der Waals surface area contributed by atoms with Crippen molar-refractivity contribution >= 4 is 16.7 Å². The normalized spacial score (nSPS) is 22.1. The van der Waals surface area contributed by atoms with Gasteiger partial charge in [-0.2, -0.15) is 0 Å². The third-order valence-electron chi connectivity index (χ3n) is 5.21. The summed E-state index contributed by atoms with van der Waals surface area (Å²) in [7, 11) is 0. The maximum atomic E-state index is 11.3. The van der Waals surface area contributed by atoms with E-state index in [1.54, 1.807) is 6.20 Å². The molecule has 0 aromatic carbocycles. The summed E-state index contributed by atoms with van der Waals surface area (Å²) in [5, 5.41) is 1.20. The summed E-state index contributed by atoms with van der Waals surface area (Å²) < 4.78 is 0. The van der Waals surface area contributed by atoms with Crippen molar-refractivity contribution in [1.29, 1.82) is 0 Å². The standard InChI is InChI=1S/C17H18N2O/c20-13-9-17(10-13)5-1-12(2-6-17)14-3-8-19-16-4-7-18-11-15(14)16/h3-4,7-8,11-12H,1-2,5-6,9-10H2. The molecule has 20 heavy (non-hydrogen) atoms. The Morgan fingerprint density at radius 2 is 1.90 bits per heavy atom. The van der Waals surface area contributed by atoms with Gasteiger partial charge < -0.3 is 0 Å². The number of Topliss-reactive ketones (excluding diaryl/α,β-unsaturated/α-hetero) is 1. The highest BCUT2D eigenvalue weighted by molar-refractivity contribution is 5.86. The van der Waals surface area contributed by atoms with Crippen LogP contribution in [0.4, 0.5) is 0 Å². The minimum Gasteiger partial charge on any atom is -0.300 e. The number of nitrogens with zero attached hydrogens (tertiary/aromatic N) is 2. The number of aromatic nitrogens is 2. The predicted molar refractivity (Wildman–Crippen MR) is 77.4 cm³/mol. The van der Waals surface area contributed by atoms with Crippen LogP contribution < -0.4 is 0 Å². The number of hydrogen-bond donors (Lipinski definition) is 0. The molecule has 2 aliphatic carbocycles. The molecule has 2 heterocycles. The molecule has 0 saturated heterocycles. The first kappa shape index (κ1) is 12.0. The molecule has 102 valence electrons. The molecule has 2 saturated carbocycles. The van der Waals surface area contributed by atoms with Gasteiger partial charge in [0, 0.05) is 36.8 Å². The Hall–Kier alpha value is -1.77. The van der Waals surface area contributed by atoms with Gasteiger partial charge in [0.15, 0.2) is 0 Å². The van der Waals surface area contributed by atoms with E-state index in [1.165, 1.54) is 36.6 Å². The summed E-state index contributed by atoms with van der Waals surface area (Å²) in [6, 6.07) is 4.13. The number of hydrogen-bond acceptors (Lipinski definition) is 3. The fraction of sp³-hybridized carbons (Fsp3) is 0.471. The van der Waals surface area contributed by atoms with E-state index >= 15 is 0 Å². The molecule has 0 bridgehead atoms. The number of carbonyl (C=O) groups is 1. The molecule has 0 amide bonds. The maximum absolute atomic E-state index is 11.3. The highest BCUT2D eigenvalue weighted by atomic mass is 16.1. The molecule has 0 N–H and O–H groups in total. The summed E-state index contributed by atoms with van der Waals surface area (Å²) >= 11 is 0. The van der Waals surface area contributed by atoms with Gasteiger partial charge in [-0.3, -0.25) is 14.8 Å². The number of carbonyl (C=O) groups excluding carboxylic acids is 1. The zero-order valence-corrected chi connectivity index (χ0v) is 11.5. The summed E-state index contributed by atoms with van der Waals surface area (Å²) in [6.07, 6.45) is 12.1. The van der Waals surface area contributed by atoms with Crippen LogP contribution in [-0.4, -0.2) is 15.8 Å². The van der Waals surface area contributed by atoms with Crippen LogP contribution in [-0.2, 0) is 4.79 Å². The van der Waals surface area contributed by atoms with Crippen molar-refractivity contribution in [2.75, 3.05) is 0 Å². The molecule has 0 radical (unpaired) electrons. The molecule has 0 atom stereocenters. The Morgan fingerprint density at radius 3 is 2.65 bits per heavy atom. The largest absolute Gasteiger partial charge is 0.300 e. The predicted octanol–water partition coefficient (Wildman–Crippen LogP) is 3.64. The Bertz CT molecular complexity index is 656. The van der Waals surface area contributed by atoms with E-state index in [-0.39, 0.29) is 0 Å². The topological polar surface area (TPSA) is 42.9 Å². The fourth-order valence-electron chi connectivity index (χ4n) is 4.05. The number of ketones is 1. The lowest BCUT2D eigenvalue weighted by Crippen LogP contribution is -2.40. The monoisotopic (exact) mass is 266 g/mol. The van der Waals surface area contributed by atoms with E-state index in [2.05, 4.69) is 16.0 Å². The maximum Gasteiger partial charge on any atom is 0.134 e. The molecule has 2 aromatic heterocycles. The first-order valence-electron chi connectivity index (χ1n) is 7.46. The van der Waals surface area contributed by atoms with Crippen molar-refractivity contribution in [1.82, 2.24) is 9.97 Å². The smallest absolute Gasteiger partial charge is 0.134 e. The van der Waals surface area contributed by atoms with Crippen molar-refractivity contribution in [3.05, 3.63) is 36.3 Å². The molecule has 2 fully saturated rings. The minimum atomic E-state index is 0.370. The van der Waals surface area contributed by atoms with Gasteiger partial charge in [-0.25, -0.2) is 0 Å². The molecule has 2 aliphatic rings. The second kappa shape index (κ2) is 4.37. The van der Waals surface area contributed by atoms with Crippen LogP contribution in [0.15, 0.2) is 30.7 Å². The van der Waals surface area contributed by atoms with Crippen molar-refractivity contribution in [2.45, 2.75) is 44.4 Å². The lowest BCUT2D eigenvalue weighted by Gasteiger charge is -2.45. The Labute approximate surface area is 118 Å². The van der Waals surface area contributed by atoms with Gasteiger partial charge in [-0.1, -0.05) is 0 Å². The summed E-state index contributed by atoms with van der Waals surface area (Å²) in [4.78, 5) is 20.0. The Kier molecular flexibility index (Phi) is 2.62. The number of rotatable bonds is 1. The van der Waals surface area contributed by atoms with Gasteiger partial charge in [0.05, 0.1) is 5.52 Å². The SMILES string of the molecule is O=C1CC2(CCC(c3ccnc4ccncc34)CC2)C1. The Morgan fingerprint density at radius 1 is 1.10 bits per heavy atom. The number of pyridine rings is 2. The van der Waals surface area contributed by atoms with Gasteiger partial charge in [0.1, 0.15) is 5.78 Å². The molecule has 4 rings (SSSR count). The van der Waals surface area contributed by atoms with Gasteiger partial charge >= 0.3 is 0 Å². The van der Waals surface area contributed by atoms with Crippen molar-refractivity contribution in [3.8, 4) is 0 Å². The molecular formula is C17H18N2O. The average molecular weight is 266 g/mol. The van der Waals surface area contributed by atoms with Gasteiger partial charge in [-0.15, -0.1) is 0 Å². The van der Waals surface area contributed by atoms with Gasteiger partial charge in [0.2, 0.25) is 0 Å².